The molecule has 0 N–H and O–H groups in total. The summed E-state index contributed by atoms with van der Waals surface area (Å²) in [6.45, 7) is 4.26. The monoisotopic (exact) mass is 900 g/mol. The number of hydrogen-bond donors (Lipinski definition) is 0. The lowest BCUT2D eigenvalue weighted by Gasteiger charge is -2.28. The molecule has 1 unspecified atom stereocenters. The molecule has 0 aliphatic heterocycles. The van der Waals surface area contributed by atoms with Crippen molar-refractivity contribution in [1.82, 2.24) is 0 Å². The van der Waals surface area contributed by atoms with Crippen LogP contribution < -0.4 is 4.89 Å². The van der Waals surface area contributed by atoms with Gasteiger partial charge in [-0.1, -0.05) is 219 Å². The molecule has 0 saturated heterocycles. The number of carbonyl (C=O) groups excluding carboxylic acids is 2. The van der Waals surface area contributed by atoms with Crippen molar-refractivity contribution in [2.75, 3.05) is 47.5 Å². The standard InChI is InChI=1S/C52H102NO8P/c1-6-8-10-12-14-16-18-20-22-23-24-25-26-27-28-29-31-32-34-36-38-40-42-44-51(54)58-48-50(49-60-62(56,57)59-47-46-53(3,4)5)61-52(55)45-43-41-39-37-35-33-30-21-19-17-15-13-11-9-7-2/h17,19,50H,6-16,18,20-49H2,1-5H3/b19-17+/t50-/m0/s1. The number of hydrogen-bond acceptors (Lipinski definition) is 8. The van der Waals surface area contributed by atoms with Crippen LogP contribution in [-0.4, -0.2) is 70.0 Å². The Morgan fingerprint density at radius 2 is 0.823 bits per heavy atom. The number of phosphoric acid groups is 1. The van der Waals surface area contributed by atoms with E-state index in [1.54, 1.807) is 0 Å². The molecule has 2 atom stereocenters. The van der Waals surface area contributed by atoms with Gasteiger partial charge in [0.1, 0.15) is 19.8 Å². The first-order valence-corrected chi connectivity index (χ1v) is 27.9. The molecule has 0 rings (SSSR count). The highest BCUT2D eigenvalue weighted by atomic mass is 31.2. The van der Waals surface area contributed by atoms with Gasteiger partial charge in [0, 0.05) is 12.8 Å². The van der Waals surface area contributed by atoms with Gasteiger partial charge in [0.05, 0.1) is 27.7 Å². The third-order valence-electron chi connectivity index (χ3n) is 11.8. The van der Waals surface area contributed by atoms with E-state index in [4.69, 9.17) is 18.5 Å². The number of carbonyl (C=O) groups is 2. The van der Waals surface area contributed by atoms with E-state index in [0.29, 0.717) is 17.4 Å². The first kappa shape index (κ1) is 60.8. The van der Waals surface area contributed by atoms with Gasteiger partial charge in [0.15, 0.2) is 6.10 Å². The zero-order valence-corrected chi connectivity index (χ0v) is 42.5. The zero-order valence-electron chi connectivity index (χ0n) is 41.6. The predicted molar refractivity (Wildman–Crippen MR) is 259 cm³/mol. The normalized spacial score (nSPS) is 13.5. The minimum absolute atomic E-state index is 0.0282. The van der Waals surface area contributed by atoms with Crippen molar-refractivity contribution in [3.63, 3.8) is 0 Å². The Hall–Kier alpha value is -1.25. The summed E-state index contributed by atoms with van der Waals surface area (Å²) in [5.74, 6) is -0.824. The van der Waals surface area contributed by atoms with E-state index in [9.17, 15) is 19.0 Å². The van der Waals surface area contributed by atoms with Crippen LogP contribution in [0.4, 0.5) is 0 Å². The summed E-state index contributed by atoms with van der Waals surface area (Å²) >= 11 is 0. The molecule has 9 nitrogen and oxygen atoms in total. The first-order valence-electron chi connectivity index (χ1n) is 26.4. The van der Waals surface area contributed by atoms with Crippen molar-refractivity contribution in [2.24, 2.45) is 0 Å². The quantitative estimate of drug-likeness (QED) is 0.0195. The van der Waals surface area contributed by atoms with Crippen LogP contribution in [0.5, 0.6) is 0 Å². The first-order chi connectivity index (χ1) is 30.0. The molecule has 368 valence electrons. The van der Waals surface area contributed by atoms with Gasteiger partial charge >= 0.3 is 11.9 Å². The maximum absolute atomic E-state index is 12.7. The molecule has 10 heteroatoms. The molecule has 0 saturated carbocycles. The number of esters is 2. The van der Waals surface area contributed by atoms with E-state index in [2.05, 4.69) is 26.0 Å². The Labute approximate surface area is 384 Å². The fourth-order valence-electron chi connectivity index (χ4n) is 7.65. The second-order valence-corrected chi connectivity index (χ2v) is 20.7. The molecule has 0 fully saturated rings. The average molecular weight is 900 g/mol. The molecule has 0 aromatic heterocycles. The summed E-state index contributed by atoms with van der Waals surface area (Å²) in [6, 6.07) is 0. The van der Waals surface area contributed by atoms with Crippen LogP contribution in [0.25, 0.3) is 0 Å². The molecule has 0 aliphatic carbocycles. The highest BCUT2D eigenvalue weighted by Crippen LogP contribution is 2.38. The van der Waals surface area contributed by atoms with E-state index in [1.165, 1.54) is 180 Å². The van der Waals surface area contributed by atoms with Crippen molar-refractivity contribution in [3.05, 3.63) is 12.2 Å². The lowest BCUT2D eigenvalue weighted by atomic mass is 10.0. The third kappa shape index (κ3) is 48.2. The van der Waals surface area contributed by atoms with Gasteiger partial charge < -0.3 is 27.9 Å². The average Bonchev–Trinajstić information content (AvgIpc) is 3.23. The van der Waals surface area contributed by atoms with Crippen LogP contribution in [-0.2, 0) is 32.7 Å². The fourth-order valence-corrected chi connectivity index (χ4v) is 8.38. The van der Waals surface area contributed by atoms with Crippen molar-refractivity contribution >= 4 is 19.8 Å². The Morgan fingerprint density at radius 1 is 0.484 bits per heavy atom. The van der Waals surface area contributed by atoms with Gasteiger partial charge in [0.25, 0.3) is 7.82 Å². The van der Waals surface area contributed by atoms with Gasteiger partial charge in [-0.2, -0.15) is 0 Å². The Kier molecular flexibility index (Phi) is 44.0. The molecular formula is C52H102NO8P. The topological polar surface area (TPSA) is 111 Å². The second-order valence-electron chi connectivity index (χ2n) is 19.2. The summed E-state index contributed by atoms with van der Waals surface area (Å²) in [6.07, 6.45) is 49.6. The lowest BCUT2D eigenvalue weighted by molar-refractivity contribution is -0.870. The van der Waals surface area contributed by atoms with Crippen molar-refractivity contribution in [3.8, 4) is 0 Å². The van der Waals surface area contributed by atoms with E-state index in [1.807, 2.05) is 21.1 Å². The van der Waals surface area contributed by atoms with E-state index in [0.717, 1.165) is 44.9 Å². The fraction of sp³-hybridized carbons (Fsp3) is 0.923. The van der Waals surface area contributed by atoms with Crippen molar-refractivity contribution < 1.29 is 42.1 Å². The molecule has 0 amide bonds. The molecule has 0 bridgehead atoms. The number of quaternary nitrogens is 1. The molecule has 0 aliphatic rings. The second kappa shape index (κ2) is 44.9. The number of nitrogens with zero attached hydrogens (tertiary/aromatic N) is 1. The minimum Gasteiger partial charge on any atom is -0.756 e. The molecule has 0 aromatic rings. The number of likely N-dealkylation sites (N-methyl/N-ethyl adjacent to an activating group) is 1. The summed E-state index contributed by atoms with van der Waals surface area (Å²) < 4.78 is 34.1. The molecule has 62 heavy (non-hydrogen) atoms. The van der Waals surface area contributed by atoms with Crippen LogP contribution in [0.1, 0.15) is 258 Å². The van der Waals surface area contributed by atoms with Crippen LogP contribution in [0.2, 0.25) is 0 Å². The Morgan fingerprint density at radius 3 is 1.21 bits per heavy atom. The van der Waals surface area contributed by atoms with Crippen LogP contribution >= 0.6 is 7.82 Å². The van der Waals surface area contributed by atoms with Gasteiger partial charge in [-0.25, -0.2) is 0 Å². The maximum atomic E-state index is 12.7. The summed E-state index contributed by atoms with van der Waals surface area (Å²) in [5.41, 5.74) is 0. The third-order valence-corrected chi connectivity index (χ3v) is 12.7. The molecule has 0 aromatic carbocycles. The van der Waals surface area contributed by atoms with Gasteiger partial charge in [-0.15, -0.1) is 0 Å². The van der Waals surface area contributed by atoms with E-state index < -0.39 is 26.5 Å². The van der Waals surface area contributed by atoms with Crippen LogP contribution in [0.15, 0.2) is 12.2 Å². The van der Waals surface area contributed by atoms with Crippen LogP contribution in [0, 0.1) is 0 Å². The van der Waals surface area contributed by atoms with Crippen LogP contribution in [0.3, 0.4) is 0 Å². The largest absolute Gasteiger partial charge is 0.756 e. The SMILES string of the molecule is CCCCCC/C=C/CCCCCCCCCC(=O)O[C@@H](COC(=O)CCCCCCCCCCCCCCCCCCCCCCCCC)COP(=O)([O-])OCC[N+](C)(C)C. The van der Waals surface area contributed by atoms with E-state index >= 15 is 0 Å². The van der Waals surface area contributed by atoms with Gasteiger partial charge in [0.2, 0.25) is 0 Å². The molecule has 0 radical (unpaired) electrons. The van der Waals surface area contributed by atoms with E-state index in [-0.39, 0.29) is 32.0 Å². The molecule has 0 spiro atoms. The Balaban J connectivity index is 4.15. The predicted octanol–water partition coefficient (Wildman–Crippen LogP) is 15.1. The van der Waals surface area contributed by atoms with Gasteiger partial charge in [-0.3, -0.25) is 14.2 Å². The number of rotatable bonds is 49. The summed E-state index contributed by atoms with van der Waals surface area (Å²) in [4.78, 5) is 37.7. The lowest BCUT2D eigenvalue weighted by Crippen LogP contribution is -2.37. The number of allylic oxidation sites excluding steroid dienone is 2. The number of unbranched alkanes of at least 4 members (excludes halogenated alkanes) is 33. The highest BCUT2D eigenvalue weighted by Gasteiger charge is 2.21. The minimum atomic E-state index is -4.63. The molecular weight excluding hydrogens is 798 g/mol. The highest BCUT2D eigenvalue weighted by molar-refractivity contribution is 7.45. The Bertz CT molecular complexity index is 1060. The van der Waals surface area contributed by atoms with Crippen molar-refractivity contribution in [2.45, 2.75) is 264 Å². The number of ether oxygens (including phenoxy) is 2. The van der Waals surface area contributed by atoms with Crippen molar-refractivity contribution in [1.29, 1.82) is 0 Å². The molecule has 0 heterocycles. The summed E-state index contributed by atoms with van der Waals surface area (Å²) in [5, 5.41) is 0. The number of phosphoric ester groups is 1. The maximum Gasteiger partial charge on any atom is 0.306 e. The zero-order chi connectivity index (χ0) is 45.7. The smallest absolute Gasteiger partial charge is 0.306 e. The van der Waals surface area contributed by atoms with Gasteiger partial charge in [-0.05, 0) is 38.5 Å². The summed E-state index contributed by atoms with van der Waals surface area (Å²) in [7, 11) is 1.18.